The van der Waals surface area contributed by atoms with Crippen LogP contribution in [0.1, 0.15) is 52.1 Å². The molecule has 0 N–H and O–H groups in total. The van der Waals surface area contributed by atoms with Gasteiger partial charge in [-0.3, -0.25) is 0 Å². The fourth-order valence-electron chi connectivity index (χ4n) is 8.95. The number of hydrogen-bond donors (Lipinski definition) is 0. The molecule has 0 saturated heterocycles. The monoisotopic (exact) mass is 1090 g/mol. The summed E-state index contributed by atoms with van der Waals surface area (Å²) >= 11 is 0. The first-order chi connectivity index (χ1) is 31.9. The van der Waals surface area contributed by atoms with E-state index in [1.165, 1.54) is 13.8 Å². The molecule has 0 unspecified atom stereocenters. The molecule has 33 heteroatoms. The minimum atomic E-state index is -7.08. The van der Waals surface area contributed by atoms with E-state index in [-0.39, 0.29) is 23.9 Å². The van der Waals surface area contributed by atoms with Gasteiger partial charge in [0.1, 0.15) is 0 Å². The van der Waals surface area contributed by atoms with Crippen molar-refractivity contribution >= 4 is 70.6 Å². The van der Waals surface area contributed by atoms with Crippen molar-refractivity contribution in [2.24, 2.45) is 0 Å². The van der Waals surface area contributed by atoms with Gasteiger partial charge in [-0.2, -0.15) is 50.0 Å². The van der Waals surface area contributed by atoms with Crippen LogP contribution in [0.3, 0.4) is 0 Å². The van der Waals surface area contributed by atoms with Crippen LogP contribution in [-0.2, 0) is 69.6 Å². The van der Waals surface area contributed by atoms with Gasteiger partial charge in [0, 0.05) is 13.8 Å². The van der Waals surface area contributed by atoms with Crippen molar-refractivity contribution in [2.75, 3.05) is 0 Å². The summed E-state index contributed by atoms with van der Waals surface area (Å²) in [4.78, 5) is 0. The molecular formula is C37H39F11N9O9PS3. The van der Waals surface area contributed by atoms with Gasteiger partial charge in [0.25, 0.3) is 0 Å². The number of nitrogens with zero attached hydrogens (tertiary/aromatic N) is 9. The van der Waals surface area contributed by atoms with Gasteiger partial charge in [-0.1, -0.05) is 0 Å². The third-order valence-corrected chi connectivity index (χ3v) is 18.9. The summed E-state index contributed by atoms with van der Waals surface area (Å²) in [7, 11) is -25.3. The van der Waals surface area contributed by atoms with Crippen LogP contribution in [-0.4, -0.2) is 73.4 Å². The summed E-state index contributed by atoms with van der Waals surface area (Å²) in [6.45, 7) is 11.8. The molecule has 3 aromatic carbocycles. The summed E-state index contributed by atoms with van der Waals surface area (Å²) in [5, 5.41) is 14.6. The first-order valence-electron chi connectivity index (χ1n) is 19.6. The van der Waals surface area contributed by atoms with E-state index >= 15 is 8.39 Å². The molecule has 3 aromatic heterocycles. The number of alkyl halides is 9. The van der Waals surface area contributed by atoms with Crippen LogP contribution in [0.5, 0.6) is 0 Å². The summed E-state index contributed by atoms with van der Waals surface area (Å²) < 4.78 is 229. The number of benzene rings is 3. The maximum absolute atomic E-state index is 20.7. The molecule has 18 nitrogen and oxygen atoms in total. The van der Waals surface area contributed by atoms with Crippen molar-refractivity contribution in [1.29, 1.82) is 10.5 Å². The van der Waals surface area contributed by atoms with E-state index in [0.717, 1.165) is 34.0 Å². The number of fused-ring (bicyclic) bond motifs is 9. The van der Waals surface area contributed by atoms with Crippen molar-refractivity contribution < 1.29 is 104 Å². The molecule has 6 aromatic rings. The van der Waals surface area contributed by atoms with E-state index in [1.54, 1.807) is 25.2 Å². The fraction of sp³-hybridized carbons (Fsp3) is 0.378. The Bertz CT molecular complexity index is 3120. The second-order valence-electron chi connectivity index (χ2n) is 14.8. The number of aromatic nitrogens is 6. The molecule has 70 heavy (non-hydrogen) atoms. The standard InChI is InChI=1S/C30H33F2N7P.2C2H3N.3CHF3O3S/c1-4-33-22-13-7-10-16-25(22)36-28(33)19-39-20-29-34(5-2)23-14-8-11-17-26(23)37(29)40(36,39,31,32)38-27-18-12-9-15-24(27)35(6-3)30(38)21-39;2*1-2-3;3*2-1(3,4)8(5,6)7/h7-18H,4-6,19-21H2,1-3H3;2*1H3;3*(H,5,6,7)/q+3;;;;;/p-3. The predicted octanol–water partition coefficient (Wildman–Crippen LogP) is 6.51. The Labute approximate surface area is 390 Å². The molecule has 386 valence electrons. The van der Waals surface area contributed by atoms with Crippen molar-refractivity contribution in [2.45, 2.75) is 90.4 Å². The molecule has 0 amide bonds. The molecule has 6 heterocycles. The Balaban J connectivity index is 0.000000292. The van der Waals surface area contributed by atoms with E-state index in [4.69, 9.17) is 49.4 Å². The maximum atomic E-state index is 20.7. The molecular weight excluding hydrogens is 1050 g/mol. The summed E-state index contributed by atoms with van der Waals surface area (Å²) in [5.74, 6) is 2.17. The van der Waals surface area contributed by atoms with Crippen LogP contribution in [0, 0.1) is 22.7 Å². The van der Waals surface area contributed by atoms with Crippen LogP contribution >= 0.6 is 7.17 Å². The van der Waals surface area contributed by atoms with Gasteiger partial charge in [-0.15, -0.1) is 0 Å². The third kappa shape index (κ3) is 8.30. The van der Waals surface area contributed by atoms with Gasteiger partial charge >= 0.3 is 246 Å². The normalized spacial score (nSPS) is 18.9. The zero-order valence-corrected chi connectivity index (χ0v) is 40.0. The number of nitriles is 2. The quantitative estimate of drug-likeness (QED) is 0.0800. The van der Waals surface area contributed by atoms with E-state index in [9.17, 15) is 39.5 Å². The minimum Gasteiger partial charge on any atom is -0.741 e. The van der Waals surface area contributed by atoms with Gasteiger partial charge in [0.05, 0.1) is 12.1 Å². The molecule has 3 aliphatic rings. The van der Waals surface area contributed by atoms with Crippen LogP contribution < -0.4 is 13.0 Å². The number of hydrogen-bond acceptors (Lipinski definition) is 11. The first-order valence-corrected chi connectivity index (χ1v) is 26.1. The minimum absolute atomic E-state index is 0.283. The van der Waals surface area contributed by atoms with E-state index in [0.29, 0.717) is 36.2 Å². The van der Waals surface area contributed by atoms with Crippen LogP contribution in [0.2, 0.25) is 0 Å². The van der Waals surface area contributed by atoms with Gasteiger partial charge in [0.2, 0.25) is 0 Å². The largest absolute Gasteiger partial charge is 0.741 e. The Morgan fingerprint density at radius 1 is 0.529 bits per heavy atom. The zero-order chi connectivity index (χ0) is 53.7. The summed E-state index contributed by atoms with van der Waals surface area (Å²) in [6.07, 6.45) is 0. The average Bonchev–Trinajstić information content (AvgIpc) is 3.95. The Morgan fingerprint density at radius 3 is 0.886 bits per heavy atom. The average molecular weight is 1090 g/mol. The van der Waals surface area contributed by atoms with Crippen LogP contribution in [0.15, 0.2) is 72.8 Å². The maximum Gasteiger partial charge on any atom is 0.485 e. The number of para-hydroxylation sites is 6. The smallest absolute Gasteiger partial charge is 0.485 e. The SMILES string of the molecule is CC#N.CC#N.CCn1c2[n+](c3ccccc31)[P-]13(F)(F)[n+]4c(n(CC)c5ccccc54)C[N+]1(C2)Cc1n(CC)c2ccccc2[n+]13.O=S(=O)([O-])C(F)(F)F.O=S(=O)([O-])C(F)(F)F.O=S(=O)([O-])C(F)(F)F. The number of halogens is 11. The topological polar surface area (TPSA) is 246 Å². The number of imidazole rings is 3. The second kappa shape index (κ2) is 18.2. The Kier molecular flexibility index (Phi) is 14.8. The van der Waals surface area contributed by atoms with Gasteiger partial charge in [-0.25, -0.2) is 25.3 Å². The Morgan fingerprint density at radius 2 is 0.714 bits per heavy atom. The van der Waals surface area contributed by atoms with E-state index in [1.807, 2.05) is 72.8 Å². The van der Waals surface area contributed by atoms with Crippen molar-refractivity contribution in [3.8, 4) is 12.1 Å². The van der Waals surface area contributed by atoms with Crippen molar-refractivity contribution in [3.63, 3.8) is 0 Å². The molecule has 0 bridgehead atoms. The van der Waals surface area contributed by atoms with Crippen molar-refractivity contribution in [1.82, 2.24) is 13.7 Å². The van der Waals surface area contributed by atoms with E-state index < -0.39 is 54.0 Å². The Hall–Kier alpha value is -5.60. The third-order valence-electron chi connectivity index (χ3n) is 11.1. The zero-order valence-electron chi connectivity index (χ0n) is 36.7. The number of rotatable bonds is 3. The molecule has 0 atom stereocenters. The fourth-order valence-corrected chi connectivity index (χ4v) is 15.7. The van der Waals surface area contributed by atoms with Crippen molar-refractivity contribution in [3.05, 3.63) is 90.3 Å². The number of quaternary nitrogens is 1. The van der Waals surface area contributed by atoms with Gasteiger partial charge in [0.15, 0.2) is 30.4 Å². The second-order valence-corrected chi connectivity index (χ2v) is 23.4. The summed E-state index contributed by atoms with van der Waals surface area (Å²) in [5.41, 5.74) is -12.5. The molecule has 0 aliphatic carbocycles. The molecule has 0 fully saturated rings. The van der Waals surface area contributed by atoms with E-state index in [2.05, 4.69) is 34.5 Å². The summed E-state index contributed by atoms with van der Waals surface area (Å²) in [6, 6.07) is 26.8. The molecule has 0 radical (unpaired) electrons. The molecule has 9 rings (SSSR count). The molecule has 0 saturated carbocycles. The molecule has 0 spiro atoms. The molecule has 3 aliphatic heterocycles. The predicted molar refractivity (Wildman–Crippen MR) is 220 cm³/mol. The van der Waals surface area contributed by atoms with Crippen LogP contribution in [0.4, 0.5) is 47.9 Å². The van der Waals surface area contributed by atoms with Gasteiger partial charge in [-0.05, 0) is 0 Å². The van der Waals surface area contributed by atoms with Crippen LogP contribution in [0.25, 0.3) is 33.1 Å². The number of aryl methyl sites for hydroxylation is 3. The first kappa shape index (κ1) is 57.0. The van der Waals surface area contributed by atoms with Gasteiger partial charge < -0.3 is 13.7 Å².